The molecule has 0 aromatic heterocycles. The van der Waals surface area contributed by atoms with E-state index < -0.39 is 9.84 Å². The van der Waals surface area contributed by atoms with Crippen LogP contribution >= 0.6 is 31.9 Å². The molecule has 0 radical (unpaired) electrons. The second kappa shape index (κ2) is 6.73. The number of anilines is 1. The number of allylic oxidation sites excluding steroid dienone is 2. The van der Waals surface area contributed by atoms with Crippen molar-refractivity contribution < 1.29 is 8.42 Å². The molecule has 0 saturated carbocycles. The number of nitriles is 3. The Balaban J connectivity index is 3.44. The topological polar surface area (TPSA) is 118 Å². The normalized spacial score (nSPS) is 9.90. The molecule has 1 aromatic carbocycles. The summed E-state index contributed by atoms with van der Waals surface area (Å²) in [6.07, 6.45) is 1.07. The number of nitrogens with one attached hydrogen (secondary N) is 1. The fraction of sp³-hybridized carbons (Fsp3) is 0.0833. The highest BCUT2D eigenvalue weighted by Crippen LogP contribution is 2.35. The first-order valence-corrected chi connectivity index (χ1v) is 8.63. The van der Waals surface area contributed by atoms with E-state index in [9.17, 15) is 8.42 Å². The summed E-state index contributed by atoms with van der Waals surface area (Å²) in [5, 5.41) is 29.2. The van der Waals surface area contributed by atoms with Gasteiger partial charge in [-0.25, -0.2) is 8.42 Å². The summed E-state index contributed by atoms with van der Waals surface area (Å²) in [5.41, 5.74) is -0.265. The van der Waals surface area contributed by atoms with Crippen LogP contribution in [0.15, 0.2) is 37.2 Å². The molecule has 0 amide bonds. The SMILES string of the molecule is CS(=O)(=O)c1cc(Br)c(NC(C#N)=C(C#N)C#N)c(Br)c1. The summed E-state index contributed by atoms with van der Waals surface area (Å²) in [6.45, 7) is 0. The molecule has 0 unspecified atom stereocenters. The largest absolute Gasteiger partial charge is 0.343 e. The first-order valence-electron chi connectivity index (χ1n) is 5.15. The smallest absolute Gasteiger partial charge is 0.175 e. The van der Waals surface area contributed by atoms with E-state index in [1.807, 2.05) is 0 Å². The zero-order chi connectivity index (χ0) is 16.2. The van der Waals surface area contributed by atoms with Crippen molar-refractivity contribution in [3.63, 3.8) is 0 Å². The minimum Gasteiger partial charge on any atom is -0.343 e. The first kappa shape index (κ1) is 17.2. The summed E-state index contributed by atoms with van der Waals surface area (Å²) in [7, 11) is -3.39. The van der Waals surface area contributed by atoms with Crippen molar-refractivity contribution in [2.24, 2.45) is 0 Å². The zero-order valence-corrected chi connectivity index (χ0v) is 14.5. The van der Waals surface area contributed by atoms with E-state index in [-0.39, 0.29) is 16.2 Å². The number of rotatable bonds is 3. The Morgan fingerprint density at radius 1 is 1.10 bits per heavy atom. The van der Waals surface area contributed by atoms with Crippen LogP contribution in [0.4, 0.5) is 5.69 Å². The molecule has 0 aliphatic carbocycles. The van der Waals surface area contributed by atoms with E-state index in [4.69, 9.17) is 15.8 Å². The maximum absolute atomic E-state index is 11.5. The van der Waals surface area contributed by atoms with Crippen molar-refractivity contribution in [2.75, 3.05) is 11.6 Å². The first-order chi connectivity index (χ1) is 9.74. The second-order valence-electron chi connectivity index (χ2n) is 3.74. The van der Waals surface area contributed by atoms with Gasteiger partial charge in [0.15, 0.2) is 15.4 Å². The average molecular weight is 430 g/mol. The maximum Gasteiger partial charge on any atom is 0.175 e. The zero-order valence-electron chi connectivity index (χ0n) is 10.5. The second-order valence-corrected chi connectivity index (χ2v) is 7.47. The van der Waals surface area contributed by atoms with Gasteiger partial charge in [-0.1, -0.05) is 0 Å². The molecule has 1 rings (SSSR count). The van der Waals surface area contributed by atoms with Gasteiger partial charge in [-0.15, -0.1) is 0 Å². The number of hydrogen-bond acceptors (Lipinski definition) is 6. The molecule has 0 heterocycles. The van der Waals surface area contributed by atoms with Crippen LogP contribution in [0.5, 0.6) is 0 Å². The lowest BCUT2D eigenvalue weighted by Crippen LogP contribution is -2.04. The van der Waals surface area contributed by atoms with Gasteiger partial charge in [0, 0.05) is 15.2 Å². The third-order valence-corrected chi connectivity index (χ3v) is 4.62. The van der Waals surface area contributed by atoms with Crippen molar-refractivity contribution in [1.29, 1.82) is 15.8 Å². The van der Waals surface area contributed by atoms with Crippen LogP contribution in [0.25, 0.3) is 0 Å². The van der Waals surface area contributed by atoms with E-state index >= 15 is 0 Å². The number of hydrogen-bond donors (Lipinski definition) is 1. The third-order valence-electron chi connectivity index (χ3n) is 2.28. The van der Waals surface area contributed by atoms with Gasteiger partial charge >= 0.3 is 0 Å². The van der Waals surface area contributed by atoms with Gasteiger partial charge in [-0.05, 0) is 44.0 Å². The summed E-state index contributed by atoms with van der Waals surface area (Å²) < 4.78 is 23.8. The Hall–Kier alpha value is -1.86. The van der Waals surface area contributed by atoms with Crippen LogP contribution < -0.4 is 5.32 Å². The number of nitrogens with zero attached hydrogens (tertiary/aromatic N) is 3. The van der Waals surface area contributed by atoms with Crippen LogP contribution in [0.2, 0.25) is 0 Å². The summed E-state index contributed by atoms with van der Waals surface area (Å²) in [5.74, 6) is 0. The van der Waals surface area contributed by atoms with E-state index in [0.29, 0.717) is 14.6 Å². The Bertz CT molecular complexity index is 816. The van der Waals surface area contributed by atoms with Crippen LogP contribution in [0, 0.1) is 34.0 Å². The Morgan fingerprint density at radius 3 is 1.90 bits per heavy atom. The molecule has 0 spiro atoms. The lowest BCUT2D eigenvalue weighted by Gasteiger charge is -2.11. The average Bonchev–Trinajstić information content (AvgIpc) is 2.40. The molecule has 21 heavy (non-hydrogen) atoms. The monoisotopic (exact) mass is 428 g/mol. The van der Waals surface area contributed by atoms with E-state index in [2.05, 4.69) is 37.2 Å². The van der Waals surface area contributed by atoms with E-state index in [1.165, 1.54) is 12.1 Å². The predicted molar refractivity (Wildman–Crippen MR) is 82.4 cm³/mol. The fourth-order valence-corrected chi connectivity index (χ4v) is 3.64. The molecule has 6 nitrogen and oxygen atoms in total. The fourth-order valence-electron chi connectivity index (χ4n) is 1.29. The minimum absolute atomic E-state index is 0.0788. The lowest BCUT2D eigenvalue weighted by atomic mass is 10.2. The maximum atomic E-state index is 11.5. The van der Waals surface area contributed by atoms with Crippen molar-refractivity contribution in [3.8, 4) is 18.2 Å². The molecule has 9 heteroatoms. The summed E-state index contributed by atoms with van der Waals surface area (Å²) >= 11 is 6.37. The third kappa shape index (κ3) is 4.05. The van der Waals surface area contributed by atoms with Crippen LogP contribution in [0.1, 0.15) is 0 Å². The highest BCUT2D eigenvalue weighted by atomic mass is 79.9. The number of halogens is 2. The highest BCUT2D eigenvalue weighted by Gasteiger charge is 2.16. The molecule has 1 aromatic rings. The van der Waals surface area contributed by atoms with Gasteiger partial charge in [0.25, 0.3) is 0 Å². The van der Waals surface area contributed by atoms with Crippen molar-refractivity contribution in [2.45, 2.75) is 4.90 Å². The molecule has 1 N–H and O–H groups in total. The number of sulfone groups is 1. The van der Waals surface area contributed by atoms with E-state index in [1.54, 1.807) is 18.2 Å². The summed E-state index contributed by atoms with van der Waals surface area (Å²) in [4.78, 5) is 0.0788. The Labute approximate surface area is 138 Å². The molecule has 0 aliphatic heterocycles. The molecular formula is C12H6Br2N4O2S. The highest BCUT2D eigenvalue weighted by molar-refractivity contribution is 9.11. The molecule has 0 aliphatic rings. The van der Waals surface area contributed by atoms with Crippen LogP contribution in [-0.4, -0.2) is 14.7 Å². The van der Waals surface area contributed by atoms with Crippen molar-refractivity contribution in [3.05, 3.63) is 32.3 Å². The van der Waals surface area contributed by atoms with Crippen molar-refractivity contribution >= 4 is 47.4 Å². The Morgan fingerprint density at radius 2 is 1.57 bits per heavy atom. The molecule has 0 fully saturated rings. The Kier molecular flexibility index (Phi) is 5.51. The van der Waals surface area contributed by atoms with Gasteiger partial charge in [-0.2, -0.15) is 15.8 Å². The van der Waals surface area contributed by atoms with Crippen molar-refractivity contribution in [1.82, 2.24) is 0 Å². The molecule has 0 bridgehead atoms. The number of benzene rings is 1. The summed E-state index contributed by atoms with van der Waals surface area (Å²) in [6, 6.07) is 7.64. The predicted octanol–water partition coefficient (Wildman–Crippen LogP) is 2.85. The van der Waals surface area contributed by atoms with Gasteiger partial charge in [0.2, 0.25) is 0 Å². The van der Waals surface area contributed by atoms with Crippen LogP contribution in [0.3, 0.4) is 0 Å². The molecule has 0 atom stereocenters. The van der Waals surface area contributed by atoms with E-state index in [0.717, 1.165) is 6.26 Å². The quantitative estimate of drug-likeness (QED) is 0.738. The van der Waals surface area contributed by atoms with Crippen LogP contribution in [-0.2, 0) is 9.84 Å². The lowest BCUT2D eigenvalue weighted by molar-refractivity contribution is 0.602. The standard InChI is InChI=1S/C12H6Br2N4O2S/c1-21(19,20)8-2-9(13)12(10(14)3-8)18-11(6-17)7(4-15)5-16/h2-3,18H,1H3. The molecule has 0 saturated heterocycles. The van der Waals surface area contributed by atoms with Gasteiger partial charge in [0.1, 0.15) is 23.9 Å². The molecular weight excluding hydrogens is 424 g/mol. The van der Waals surface area contributed by atoms with Gasteiger partial charge < -0.3 is 5.32 Å². The van der Waals surface area contributed by atoms with Gasteiger partial charge in [0.05, 0.1) is 10.6 Å². The minimum atomic E-state index is -3.39. The molecule has 106 valence electrons. The van der Waals surface area contributed by atoms with Gasteiger partial charge in [-0.3, -0.25) is 0 Å².